The van der Waals surface area contributed by atoms with Crippen molar-refractivity contribution < 1.29 is 4.52 Å². The Morgan fingerprint density at radius 1 is 1.50 bits per heavy atom. The predicted octanol–water partition coefficient (Wildman–Crippen LogP) is 1.87. The fourth-order valence-electron chi connectivity index (χ4n) is 1.52. The summed E-state index contributed by atoms with van der Waals surface area (Å²) in [7, 11) is 4.02. The summed E-state index contributed by atoms with van der Waals surface area (Å²) < 4.78 is 5.26. The van der Waals surface area contributed by atoms with Crippen molar-refractivity contribution in [2.45, 2.75) is 33.4 Å². The van der Waals surface area contributed by atoms with E-state index in [0.717, 1.165) is 37.0 Å². The first-order chi connectivity index (χ1) is 7.61. The van der Waals surface area contributed by atoms with Gasteiger partial charge in [0, 0.05) is 12.6 Å². The Balaban J connectivity index is 2.34. The van der Waals surface area contributed by atoms with Crippen molar-refractivity contribution in [3.8, 4) is 0 Å². The van der Waals surface area contributed by atoms with Crippen molar-refractivity contribution in [1.29, 1.82) is 0 Å². The van der Waals surface area contributed by atoms with Crippen molar-refractivity contribution in [1.82, 2.24) is 15.4 Å². The van der Waals surface area contributed by atoms with Crippen LogP contribution in [0.25, 0.3) is 0 Å². The quantitative estimate of drug-likeness (QED) is 0.769. The molecule has 0 atom stereocenters. The highest BCUT2D eigenvalue weighted by atomic mass is 16.5. The zero-order valence-corrected chi connectivity index (χ0v) is 10.8. The molecule has 1 N–H and O–H groups in total. The molecule has 0 unspecified atom stereocenters. The van der Waals surface area contributed by atoms with Crippen molar-refractivity contribution in [3.63, 3.8) is 0 Å². The highest BCUT2D eigenvalue weighted by Gasteiger charge is 2.07. The number of hydrogen-bond acceptors (Lipinski definition) is 4. The van der Waals surface area contributed by atoms with Gasteiger partial charge < -0.3 is 9.84 Å². The molecular formula is C12H23N3O. The Kier molecular flexibility index (Phi) is 5.49. The van der Waals surface area contributed by atoms with Crippen LogP contribution in [0.15, 0.2) is 10.6 Å². The second kappa shape index (κ2) is 6.66. The summed E-state index contributed by atoms with van der Waals surface area (Å²) in [4.78, 5) is 2.27. The molecule has 4 heteroatoms. The fourth-order valence-corrected chi connectivity index (χ4v) is 1.52. The normalized spacial score (nSPS) is 11.6. The molecule has 0 aliphatic heterocycles. The monoisotopic (exact) mass is 225 g/mol. The molecule has 0 spiro atoms. The molecule has 1 aromatic rings. The molecule has 0 aromatic carbocycles. The lowest BCUT2D eigenvalue weighted by atomic mass is 10.1. The topological polar surface area (TPSA) is 41.3 Å². The zero-order valence-electron chi connectivity index (χ0n) is 10.8. The Labute approximate surface area is 98.0 Å². The molecule has 92 valence electrons. The maximum Gasteiger partial charge on any atom is 0.151 e. The van der Waals surface area contributed by atoms with Crippen LogP contribution in [0, 0.1) is 5.92 Å². The summed E-state index contributed by atoms with van der Waals surface area (Å²) in [6, 6.07) is 2.02. The van der Waals surface area contributed by atoms with E-state index in [0.29, 0.717) is 0 Å². The van der Waals surface area contributed by atoms with E-state index in [1.165, 1.54) is 6.42 Å². The molecule has 0 fully saturated rings. The van der Waals surface area contributed by atoms with Gasteiger partial charge in [0.2, 0.25) is 0 Å². The molecule has 4 nitrogen and oxygen atoms in total. The molecule has 0 amide bonds. The highest BCUT2D eigenvalue weighted by Crippen LogP contribution is 2.08. The molecule has 0 bridgehead atoms. The second-order valence-electron chi connectivity index (χ2n) is 4.74. The Bertz CT molecular complexity index is 296. The molecular weight excluding hydrogens is 202 g/mol. The van der Waals surface area contributed by atoms with Crippen molar-refractivity contribution in [3.05, 3.63) is 17.5 Å². The Hall–Kier alpha value is -0.870. The molecule has 1 rings (SSSR count). The molecule has 0 radical (unpaired) electrons. The first kappa shape index (κ1) is 13.2. The van der Waals surface area contributed by atoms with E-state index in [1.54, 1.807) is 0 Å². The Morgan fingerprint density at radius 3 is 2.88 bits per heavy atom. The van der Waals surface area contributed by atoms with Crippen LogP contribution in [0.4, 0.5) is 0 Å². The van der Waals surface area contributed by atoms with Crippen LogP contribution >= 0.6 is 0 Å². The van der Waals surface area contributed by atoms with Gasteiger partial charge in [-0.3, -0.25) is 4.90 Å². The van der Waals surface area contributed by atoms with Gasteiger partial charge in [-0.25, -0.2) is 0 Å². The number of rotatable bonds is 7. The van der Waals surface area contributed by atoms with E-state index in [9.17, 15) is 0 Å². The summed E-state index contributed by atoms with van der Waals surface area (Å²) in [6.45, 7) is 7.18. The van der Waals surface area contributed by atoms with Gasteiger partial charge in [-0.15, -0.1) is 0 Å². The van der Waals surface area contributed by atoms with Gasteiger partial charge in [0.1, 0.15) is 0 Å². The lowest BCUT2D eigenvalue weighted by Gasteiger charge is -2.15. The van der Waals surface area contributed by atoms with Gasteiger partial charge in [-0.2, -0.15) is 0 Å². The lowest BCUT2D eigenvalue weighted by Crippen LogP contribution is -2.20. The van der Waals surface area contributed by atoms with Gasteiger partial charge >= 0.3 is 0 Å². The number of nitrogens with zero attached hydrogens (tertiary/aromatic N) is 2. The number of nitrogens with one attached hydrogen (secondary N) is 1. The molecule has 0 aliphatic carbocycles. The van der Waals surface area contributed by atoms with Crippen LogP contribution in [-0.4, -0.2) is 30.7 Å². The van der Waals surface area contributed by atoms with Gasteiger partial charge in [0.15, 0.2) is 5.76 Å². The predicted molar refractivity (Wildman–Crippen MR) is 65.1 cm³/mol. The van der Waals surface area contributed by atoms with E-state index >= 15 is 0 Å². The van der Waals surface area contributed by atoms with Crippen LogP contribution in [0.1, 0.15) is 31.7 Å². The van der Waals surface area contributed by atoms with Crippen LogP contribution in [0.5, 0.6) is 0 Å². The SMILES string of the molecule is CNCc1cc(CN(C)CCC(C)C)on1. The maximum absolute atomic E-state index is 5.26. The second-order valence-corrected chi connectivity index (χ2v) is 4.74. The van der Waals surface area contributed by atoms with Gasteiger partial charge in [0.25, 0.3) is 0 Å². The van der Waals surface area contributed by atoms with Crippen LogP contribution in [0.3, 0.4) is 0 Å². The number of aromatic nitrogens is 1. The third-order valence-electron chi connectivity index (χ3n) is 2.48. The fraction of sp³-hybridized carbons (Fsp3) is 0.750. The zero-order chi connectivity index (χ0) is 12.0. The molecule has 0 aliphatic rings. The average molecular weight is 225 g/mol. The molecule has 0 saturated heterocycles. The lowest BCUT2D eigenvalue weighted by molar-refractivity contribution is 0.259. The largest absolute Gasteiger partial charge is 0.360 e. The average Bonchev–Trinajstić information content (AvgIpc) is 2.63. The van der Waals surface area contributed by atoms with Gasteiger partial charge in [0.05, 0.1) is 12.2 Å². The minimum absolute atomic E-state index is 0.747. The first-order valence-corrected chi connectivity index (χ1v) is 5.89. The third-order valence-corrected chi connectivity index (χ3v) is 2.48. The summed E-state index contributed by atoms with van der Waals surface area (Å²) in [6.07, 6.45) is 1.22. The maximum atomic E-state index is 5.26. The minimum atomic E-state index is 0.747. The third kappa shape index (κ3) is 4.77. The van der Waals surface area contributed by atoms with E-state index in [1.807, 2.05) is 13.1 Å². The highest BCUT2D eigenvalue weighted by molar-refractivity contribution is 5.04. The van der Waals surface area contributed by atoms with Gasteiger partial charge in [-0.05, 0) is 33.0 Å². The number of hydrogen-bond donors (Lipinski definition) is 1. The van der Waals surface area contributed by atoms with Crippen LogP contribution < -0.4 is 5.32 Å². The van der Waals surface area contributed by atoms with Crippen molar-refractivity contribution in [2.24, 2.45) is 5.92 Å². The smallest absolute Gasteiger partial charge is 0.151 e. The van der Waals surface area contributed by atoms with E-state index in [2.05, 4.69) is 36.3 Å². The van der Waals surface area contributed by atoms with E-state index in [-0.39, 0.29) is 0 Å². The first-order valence-electron chi connectivity index (χ1n) is 5.89. The summed E-state index contributed by atoms with van der Waals surface area (Å²) in [5, 5.41) is 7.04. The minimum Gasteiger partial charge on any atom is -0.360 e. The van der Waals surface area contributed by atoms with E-state index in [4.69, 9.17) is 4.52 Å². The van der Waals surface area contributed by atoms with Gasteiger partial charge in [-0.1, -0.05) is 19.0 Å². The molecule has 1 aromatic heterocycles. The van der Waals surface area contributed by atoms with Crippen molar-refractivity contribution >= 4 is 0 Å². The van der Waals surface area contributed by atoms with Crippen molar-refractivity contribution in [2.75, 3.05) is 20.6 Å². The summed E-state index contributed by atoms with van der Waals surface area (Å²) in [5.41, 5.74) is 0.967. The molecule has 1 heterocycles. The molecule has 16 heavy (non-hydrogen) atoms. The van der Waals surface area contributed by atoms with E-state index < -0.39 is 0 Å². The van der Waals surface area contributed by atoms with Crippen LogP contribution in [0.2, 0.25) is 0 Å². The summed E-state index contributed by atoms with van der Waals surface area (Å²) in [5.74, 6) is 1.69. The summed E-state index contributed by atoms with van der Waals surface area (Å²) >= 11 is 0. The standard InChI is InChI=1S/C12H23N3O/c1-10(2)5-6-15(4)9-12-7-11(8-13-3)14-16-12/h7,10,13H,5-6,8-9H2,1-4H3. The molecule has 0 saturated carbocycles. The van der Waals surface area contributed by atoms with Crippen LogP contribution in [-0.2, 0) is 13.1 Å². The Morgan fingerprint density at radius 2 is 2.25 bits per heavy atom.